The Balaban J connectivity index is 1.69. The van der Waals surface area contributed by atoms with Gasteiger partial charge in [-0.1, -0.05) is 36.4 Å². The van der Waals surface area contributed by atoms with Gasteiger partial charge in [-0.25, -0.2) is 4.79 Å². The maximum atomic E-state index is 12.6. The highest BCUT2D eigenvalue weighted by molar-refractivity contribution is 5.71. The second-order valence-corrected chi connectivity index (χ2v) is 7.41. The maximum absolute atomic E-state index is 12.6. The number of nitrogens with one attached hydrogen (secondary N) is 1. The van der Waals surface area contributed by atoms with E-state index in [4.69, 9.17) is 10.00 Å². The highest BCUT2D eigenvalue weighted by Crippen LogP contribution is 2.25. The summed E-state index contributed by atoms with van der Waals surface area (Å²) in [5, 5.41) is 19.7. The molecule has 2 N–H and O–H groups in total. The molecule has 32 heavy (non-hydrogen) atoms. The summed E-state index contributed by atoms with van der Waals surface area (Å²) in [5.41, 5.74) is 0.575. The number of aryl methyl sites for hydroxylation is 2. The van der Waals surface area contributed by atoms with Crippen molar-refractivity contribution in [3.05, 3.63) is 86.6 Å². The lowest BCUT2D eigenvalue weighted by molar-refractivity contribution is 0.158. The van der Waals surface area contributed by atoms with E-state index in [0.29, 0.717) is 24.2 Å². The van der Waals surface area contributed by atoms with E-state index in [-0.39, 0.29) is 23.7 Å². The van der Waals surface area contributed by atoms with Crippen LogP contribution in [0.25, 0.3) is 11.2 Å². The number of rotatable bonds is 7. The van der Waals surface area contributed by atoms with Crippen LogP contribution in [0.1, 0.15) is 17.5 Å². The molecule has 9 nitrogen and oxygen atoms in total. The van der Waals surface area contributed by atoms with Gasteiger partial charge in [0.25, 0.3) is 5.56 Å². The first-order chi connectivity index (χ1) is 15.5. The van der Waals surface area contributed by atoms with E-state index in [9.17, 15) is 14.7 Å². The van der Waals surface area contributed by atoms with Crippen LogP contribution in [0.15, 0.2) is 64.2 Å². The number of hydrogen-bond acceptors (Lipinski definition) is 6. The van der Waals surface area contributed by atoms with E-state index in [1.165, 1.54) is 11.6 Å². The van der Waals surface area contributed by atoms with Gasteiger partial charge in [-0.2, -0.15) is 10.2 Å². The monoisotopic (exact) mass is 431 g/mol. The van der Waals surface area contributed by atoms with Gasteiger partial charge in [-0.05, 0) is 36.6 Å². The van der Waals surface area contributed by atoms with Gasteiger partial charge in [-0.15, -0.1) is 0 Å². The Labute approximate surface area is 182 Å². The zero-order chi connectivity index (χ0) is 22.7. The minimum absolute atomic E-state index is 0.0914. The molecule has 4 aromatic rings. The first kappa shape index (κ1) is 21.1. The normalized spacial score (nSPS) is 11.9. The van der Waals surface area contributed by atoms with E-state index in [1.807, 2.05) is 36.4 Å². The molecule has 0 aliphatic carbocycles. The molecule has 0 fully saturated rings. The summed E-state index contributed by atoms with van der Waals surface area (Å²) in [6.07, 6.45) is 0.135. The van der Waals surface area contributed by atoms with Crippen molar-refractivity contribution >= 4 is 11.2 Å². The molecule has 2 aromatic heterocycles. The minimum atomic E-state index is -0.656. The average molecular weight is 431 g/mol. The zero-order valence-corrected chi connectivity index (χ0v) is 17.4. The Bertz CT molecular complexity index is 1410. The largest absolute Gasteiger partial charge is 0.425 e. The van der Waals surface area contributed by atoms with Crippen molar-refractivity contribution < 1.29 is 9.84 Å². The molecule has 2 heterocycles. The minimum Gasteiger partial charge on any atom is -0.425 e. The molecule has 0 aliphatic rings. The van der Waals surface area contributed by atoms with Gasteiger partial charge >= 0.3 is 11.7 Å². The summed E-state index contributed by atoms with van der Waals surface area (Å²) in [7, 11) is 1.50. The SMILES string of the molecule is Cn1c(=O)[nH]c(=O)c2c1nc(Oc1cccc(C#N)c1)n2CCC(O)Cc1ccccc1. The Morgan fingerprint density at radius 1 is 1.19 bits per heavy atom. The Hall–Kier alpha value is -4.16. The van der Waals surface area contributed by atoms with Gasteiger partial charge < -0.3 is 9.84 Å². The van der Waals surface area contributed by atoms with Crippen LogP contribution < -0.4 is 16.0 Å². The van der Waals surface area contributed by atoms with Crippen molar-refractivity contribution in [3.8, 4) is 17.8 Å². The first-order valence-electron chi connectivity index (χ1n) is 10.1. The van der Waals surface area contributed by atoms with Gasteiger partial charge in [0, 0.05) is 13.6 Å². The predicted molar refractivity (Wildman–Crippen MR) is 118 cm³/mol. The third-order valence-electron chi connectivity index (χ3n) is 5.14. The summed E-state index contributed by atoms with van der Waals surface area (Å²) in [4.78, 5) is 31.3. The van der Waals surface area contributed by atoms with E-state index < -0.39 is 17.4 Å². The lowest BCUT2D eigenvalue weighted by Gasteiger charge is -2.13. The highest BCUT2D eigenvalue weighted by Gasteiger charge is 2.20. The van der Waals surface area contributed by atoms with Gasteiger partial charge in [0.15, 0.2) is 11.2 Å². The first-order valence-corrected chi connectivity index (χ1v) is 10.1. The second kappa shape index (κ2) is 8.91. The van der Waals surface area contributed by atoms with Gasteiger partial charge in [0.05, 0.1) is 17.7 Å². The third-order valence-corrected chi connectivity index (χ3v) is 5.14. The molecule has 0 bridgehead atoms. The smallest absolute Gasteiger partial charge is 0.329 e. The van der Waals surface area contributed by atoms with Gasteiger partial charge in [0.2, 0.25) is 0 Å². The summed E-state index contributed by atoms with van der Waals surface area (Å²) >= 11 is 0. The van der Waals surface area contributed by atoms with E-state index in [0.717, 1.165) is 5.56 Å². The lowest BCUT2D eigenvalue weighted by atomic mass is 10.1. The number of H-pyrrole nitrogens is 1. The maximum Gasteiger partial charge on any atom is 0.329 e. The summed E-state index contributed by atoms with van der Waals surface area (Å²) in [5.74, 6) is 0.367. The molecule has 4 rings (SSSR count). The highest BCUT2D eigenvalue weighted by atomic mass is 16.5. The second-order valence-electron chi connectivity index (χ2n) is 7.41. The molecule has 0 saturated carbocycles. The van der Waals surface area contributed by atoms with Crippen molar-refractivity contribution in [3.63, 3.8) is 0 Å². The summed E-state index contributed by atoms with van der Waals surface area (Å²) in [6, 6.07) is 18.3. The average Bonchev–Trinajstić information content (AvgIpc) is 3.15. The van der Waals surface area contributed by atoms with E-state index in [2.05, 4.69) is 9.97 Å². The number of imidazole rings is 1. The summed E-state index contributed by atoms with van der Waals surface area (Å²) in [6.45, 7) is 0.235. The number of aromatic amines is 1. The number of nitrogens with zero attached hydrogens (tertiary/aromatic N) is 4. The molecule has 2 aromatic carbocycles. The number of fused-ring (bicyclic) bond motifs is 1. The lowest BCUT2D eigenvalue weighted by Crippen LogP contribution is -2.29. The molecule has 0 spiro atoms. The number of aliphatic hydroxyl groups excluding tert-OH is 1. The molecular weight excluding hydrogens is 410 g/mol. The van der Waals surface area contributed by atoms with Crippen molar-refractivity contribution in [2.24, 2.45) is 7.05 Å². The molecule has 1 atom stereocenters. The molecule has 162 valence electrons. The molecule has 0 saturated heterocycles. The fraction of sp³-hybridized carbons (Fsp3) is 0.217. The number of aromatic nitrogens is 4. The van der Waals surface area contributed by atoms with Crippen molar-refractivity contribution in [1.82, 2.24) is 19.1 Å². The number of aliphatic hydroxyl groups is 1. The Morgan fingerprint density at radius 3 is 2.72 bits per heavy atom. The molecule has 1 unspecified atom stereocenters. The van der Waals surface area contributed by atoms with Crippen LogP contribution in [0.3, 0.4) is 0 Å². The predicted octanol–water partition coefficient (Wildman–Crippen LogP) is 2.08. The fourth-order valence-corrected chi connectivity index (χ4v) is 3.50. The van der Waals surface area contributed by atoms with Crippen molar-refractivity contribution in [1.29, 1.82) is 5.26 Å². The van der Waals surface area contributed by atoms with Crippen LogP contribution in [0.5, 0.6) is 11.8 Å². The van der Waals surface area contributed by atoms with E-state index >= 15 is 0 Å². The number of benzene rings is 2. The van der Waals surface area contributed by atoms with Crippen molar-refractivity contribution in [2.45, 2.75) is 25.5 Å². The number of ether oxygens (including phenoxy) is 1. The van der Waals surface area contributed by atoms with Crippen LogP contribution in [0.4, 0.5) is 0 Å². The Morgan fingerprint density at radius 2 is 1.97 bits per heavy atom. The van der Waals surface area contributed by atoms with Crippen LogP contribution in [-0.4, -0.2) is 30.3 Å². The standard InChI is InChI=1S/C23H21N5O4/c1-27-20-19(21(30)26-22(27)31)28(11-10-17(29)12-15-6-3-2-4-7-15)23(25-20)32-18-9-5-8-16(13-18)14-24/h2-9,13,17,29H,10-12H2,1H3,(H,26,30,31). The molecule has 0 aliphatic heterocycles. The Kier molecular flexibility index (Phi) is 5.87. The molecule has 0 radical (unpaired) electrons. The van der Waals surface area contributed by atoms with Crippen LogP contribution >= 0.6 is 0 Å². The van der Waals surface area contributed by atoms with Gasteiger partial charge in [-0.3, -0.25) is 18.9 Å². The quantitative estimate of drug-likeness (QED) is 0.461. The summed E-state index contributed by atoms with van der Waals surface area (Å²) < 4.78 is 8.66. The fourth-order valence-electron chi connectivity index (χ4n) is 3.50. The number of hydrogen-bond donors (Lipinski definition) is 2. The molecule has 0 amide bonds. The number of nitriles is 1. The van der Waals surface area contributed by atoms with Crippen LogP contribution in [0, 0.1) is 11.3 Å². The third kappa shape index (κ3) is 4.31. The van der Waals surface area contributed by atoms with Gasteiger partial charge in [0.1, 0.15) is 5.75 Å². The van der Waals surface area contributed by atoms with E-state index in [1.54, 1.807) is 28.8 Å². The molecular formula is C23H21N5O4. The van der Waals surface area contributed by atoms with Crippen LogP contribution in [0.2, 0.25) is 0 Å². The molecule has 9 heteroatoms. The van der Waals surface area contributed by atoms with Crippen molar-refractivity contribution in [2.75, 3.05) is 0 Å². The topological polar surface area (TPSA) is 126 Å². The van der Waals surface area contributed by atoms with Crippen LogP contribution in [-0.2, 0) is 20.0 Å². The zero-order valence-electron chi connectivity index (χ0n) is 17.4.